The van der Waals surface area contributed by atoms with Crippen LogP contribution in [0.2, 0.25) is 0 Å². The van der Waals surface area contributed by atoms with Gasteiger partial charge in [0.25, 0.3) is 5.69 Å². The number of nitrogens with one attached hydrogen (secondary N) is 1. The van der Waals surface area contributed by atoms with Gasteiger partial charge in [0.2, 0.25) is 0 Å². The largest absolute Gasteiger partial charge is 0.383 e. The van der Waals surface area contributed by atoms with Crippen LogP contribution in [0.15, 0.2) is 26.9 Å². The van der Waals surface area contributed by atoms with Gasteiger partial charge in [0, 0.05) is 18.9 Å². The second-order valence-corrected chi connectivity index (χ2v) is 6.94. The normalized spacial score (nSPS) is 10.5. The lowest BCUT2D eigenvalue weighted by molar-refractivity contribution is -0.384. The van der Waals surface area contributed by atoms with Crippen molar-refractivity contribution < 1.29 is 4.92 Å². The first-order valence-corrected chi connectivity index (χ1v) is 8.62. The number of nitro benzene ring substituents is 1. The summed E-state index contributed by atoms with van der Waals surface area (Å²) in [5.74, 6) is 0.633. The summed E-state index contributed by atoms with van der Waals surface area (Å²) in [6.07, 6.45) is 1.95. The molecule has 6 nitrogen and oxygen atoms in total. The summed E-state index contributed by atoms with van der Waals surface area (Å²) >= 11 is 4.62. The summed E-state index contributed by atoms with van der Waals surface area (Å²) in [5.41, 5.74) is 1.50. The van der Waals surface area contributed by atoms with Gasteiger partial charge in [-0.3, -0.25) is 10.1 Å². The molecule has 1 aromatic carbocycles. The number of rotatable bonds is 6. The molecule has 0 spiro atoms. The third-order valence-corrected chi connectivity index (χ3v) is 5.56. The lowest BCUT2D eigenvalue weighted by atomic mass is 10.2. The van der Waals surface area contributed by atoms with Gasteiger partial charge in [0.05, 0.1) is 4.92 Å². The van der Waals surface area contributed by atoms with Crippen molar-refractivity contribution in [3.05, 3.63) is 33.9 Å². The SMILES string of the molecule is CNc1ccc(CSc2nnc(SC)s2)cc1[N+](=O)[O-]. The fourth-order valence-corrected chi connectivity index (χ4v) is 3.89. The number of nitro groups is 1. The zero-order valence-corrected chi connectivity index (χ0v) is 13.3. The third-order valence-electron chi connectivity index (χ3n) is 2.45. The molecule has 0 fully saturated rings. The minimum atomic E-state index is -0.378. The third kappa shape index (κ3) is 3.62. The van der Waals surface area contributed by atoms with Crippen LogP contribution in [0, 0.1) is 10.1 Å². The minimum absolute atomic E-state index is 0.0904. The lowest BCUT2D eigenvalue weighted by Gasteiger charge is -2.04. The van der Waals surface area contributed by atoms with E-state index in [1.807, 2.05) is 12.3 Å². The molecule has 0 saturated heterocycles. The molecule has 0 atom stereocenters. The summed E-state index contributed by atoms with van der Waals surface area (Å²) in [4.78, 5) is 10.6. The van der Waals surface area contributed by atoms with Crippen LogP contribution in [0.1, 0.15) is 5.56 Å². The van der Waals surface area contributed by atoms with E-state index in [2.05, 4.69) is 15.5 Å². The Morgan fingerprint density at radius 1 is 1.40 bits per heavy atom. The van der Waals surface area contributed by atoms with Gasteiger partial charge >= 0.3 is 0 Å². The standard InChI is InChI=1S/C11H12N4O2S3/c1-12-8-4-3-7(5-9(8)15(16)17)6-19-11-14-13-10(18-2)20-11/h3-5,12H,6H2,1-2H3. The minimum Gasteiger partial charge on any atom is -0.383 e. The first kappa shape index (κ1) is 15.1. The van der Waals surface area contributed by atoms with E-state index in [9.17, 15) is 10.1 Å². The molecule has 1 N–H and O–H groups in total. The van der Waals surface area contributed by atoms with Gasteiger partial charge < -0.3 is 5.32 Å². The topological polar surface area (TPSA) is 81.0 Å². The van der Waals surface area contributed by atoms with E-state index in [1.54, 1.807) is 30.9 Å². The second-order valence-electron chi connectivity index (χ2n) is 3.69. The van der Waals surface area contributed by atoms with Crippen molar-refractivity contribution in [2.75, 3.05) is 18.6 Å². The van der Waals surface area contributed by atoms with Crippen molar-refractivity contribution in [1.29, 1.82) is 0 Å². The number of nitrogens with zero attached hydrogens (tertiary/aromatic N) is 3. The van der Waals surface area contributed by atoms with Gasteiger partial charge in [0.1, 0.15) is 5.69 Å². The molecule has 0 unspecified atom stereocenters. The highest BCUT2D eigenvalue weighted by atomic mass is 32.2. The second kappa shape index (κ2) is 6.91. The van der Waals surface area contributed by atoms with Crippen LogP contribution in [0.25, 0.3) is 0 Å². The summed E-state index contributed by atoms with van der Waals surface area (Å²) < 4.78 is 1.79. The van der Waals surface area contributed by atoms with Gasteiger partial charge in [-0.2, -0.15) is 0 Å². The van der Waals surface area contributed by atoms with E-state index in [0.29, 0.717) is 11.4 Å². The highest BCUT2D eigenvalue weighted by Crippen LogP contribution is 2.32. The highest BCUT2D eigenvalue weighted by Gasteiger charge is 2.14. The first-order chi connectivity index (χ1) is 9.63. The molecule has 0 aliphatic heterocycles. The van der Waals surface area contributed by atoms with Crippen LogP contribution in [-0.2, 0) is 5.75 Å². The zero-order chi connectivity index (χ0) is 14.5. The van der Waals surface area contributed by atoms with E-state index < -0.39 is 0 Å². The monoisotopic (exact) mass is 328 g/mol. The maximum atomic E-state index is 11.0. The lowest BCUT2D eigenvalue weighted by Crippen LogP contribution is -1.97. The smallest absolute Gasteiger partial charge is 0.292 e. The van der Waals surface area contributed by atoms with E-state index in [1.165, 1.54) is 23.1 Å². The number of hydrogen-bond acceptors (Lipinski definition) is 8. The molecule has 0 aliphatic rings. The predicted octanol–water partition coefficient (Wildman–Crippen LogP) is 3.50. The molecule has 0 radical (unpaired) electrons. The zero-order valence-electron chi connectivity index (χ0n) is 10.8. The van der Waals surface area contributed by atoms with Crippen molar-refractivity contribution in [1.82, 2.24) is 10.2 Å². The van der Waals surface area contributed by atoms with Gasteiger partial charge in [0.15, 0.2) is 8.68 Å². The fraction of sp³-hybridized carbons (Fsp3) is 0.273. The molecule has 0 amide bonds. The van der Waals surface area contributed by atoms with E-state index in [0.717, 1.165) is 14.2 Å². The Balaban J connectivity index is 2.09. The van der Waals surface area contributed by atoms with E-state index >= 15 is 0 Å². The maximum absolute atomic E-state index is 11.0. The Morgan fingerprint density at radius 2 is 2.15 bits per heavy atom. The van der Waals surface area contributed by atoms with Gasteiger partial charge in [-0.25, -0.2) is 0 Å². The molecular weight excluding hydrogens is 316 g/mol. The number of aromatic nitrogens is 2. The Hall–Kier alpha value is -1.32. The fourth-order valence-electron chi connectivity index (χ4n) is 1.51. The molecule has 1 aromatic heterocycles. The van der Waals surface area contributed by atoms with Crippen molar-refractivity contribution in [3.63, 3.8) is 0 Å². The molecular formula is C11H12N4O2S3. The van der Waals surface area contributed by atoms with E-state index in [4.69, 9.17) is 0 Å². The van der Waals surface area contributed by atoms with Crippen molar-refractivity contribution in [2.24, 2.45) is 0 Å². The van der Waals surface area contributed by atoms with Crippen LogP contribution < -0.4 is 5.32 Å². The molecule has 106 valence electrons. The van der Waals surface area contributed by atoms with Crippen LogP contribution >= 0.6 is 34.9 Å². The molecule has 1 heterocycles. The molecule has 20 heavy (non-hydrogen) atoms. The Morgan fingerprint density at radius 3 is 2.75 bits per heavy atom. The van der Waals surface area contributed by atoms with Gasteiger partial charge in [-0.15, -0.1) is 10.2 Å². The van der Waals surface area contributed by atoms with Gasteiger partial charge in [-0.1, -0.05) is 40.9 Å². The molecule has 0 aliphatic carbocycles. The summed E-state index contributed by atoms with van der Waals surface area (Å²) in [5, 5.41) is 21.9. The van der Waals surface area contributed by atoms with Crippen molar-refractivity contribution in [2.45, 2.75) is 14.4 Å². The molecule has 0 saturated carbocycles. The average molecular weight is 328 g/mol. The number of thioether (sulfide) groups is 2. The summed E-state index contributed by atoms with van der Waals surface area (Å²) in [6, 6.07) is 5.19. The quantitative estimate of drug-likeness (QED) is 0.494. The number of anilines is 1. The average Bonchev–Trinajstić information content (AvgIpc) is 2.92. The summed E-state index contributed by atoms with van der Waals surface area (Å²) in [6.45, 7) is 0. The Bertz CT molecular complexity index is 617. The van der Waals surface area contributed by atoms with Gasteiger partial charge in [-0.05, 0) is 17.9 Å². The van der Waals surface area contributed by atoms with Crippen LogP contribution in [0.3, 0.4) is 0 Å². The molecule has 0 bridgehead atoms. The van der Waals surface area contributed by atoms with Crippen LogP contribution in [0.5, 0.6) is 0 Å². The number of benzene rings is 1. The van der Waals surface area contributed by atoms with E-state index in [-0.39, 0.29) is 10.6 Å². The van der Waals surface area contributed by atoms with Crippen LogP contribution in [0.4, 0.5) is 11.4 Å². The Labute approximate surface area is 128 Å². The molecule has 2 aromatic rings. The van der Waals surface area contributed by atoms with Crippen molar-refractivity contribution in [3.8, 4) is 0 Å². The molecule has 9 heteroatoms. The highest BCUT2D eigenvalue weighted by molar-refractivity contribution is 8.02. The maximum Gasteiger partial charge on any atom is 0.292 e. The van der Waals surface area contributed by atoms with Crippen LogP contribution in [-0.4, -0.2) is 28.4 Å². The van der Waals surface area contributed by atoms with Crippen molar-refractivity contribution >= 4 is 46.2 Å². The Kier molecular flexibility index (Phi) is 5.21. The number of hydrogen-bond donors (Lipinski definition) is 1. The molecule has 2 rings (SSSR count). The predicted molar refractivity (Wildman–Crippen MR) is 83.9 cm³/mol. The first-order valence-electron chi connectivity index (χ1n) is 5.59. The summed E-state index contributed by atoms with van der Waals surface area (Å²) in [7, 11) is 1.67.